The Morgan fingerprint density at radius 1 is 0.971 bits per heavy atom. The Kier molecular flexibility index (Phi) is 5.25. The van der Waals surface area contributed by atoms with Gasteiger partial charge < -0.3 is 10.5 Å². The van der Waals surface area contributed by atoms with Crippen LogP contribution >= 0.6 is 0 Å². The number of ether oxygens (including phenoxy) is 1. The van der Waals surface area contributed by atoms with Crippen molar-refractivity contribution in [2.45, 2.75) is 16.7 Å². The fourth-order valence-electron chi connectivity index (χ4n) is 3.75. The van der Waals surface area contributed by atoms with Gasteiger partial charge in [0.25, 0.3) is 0 Å². The minimum Gasteiger partial charge on any atom is -0.497 e. The summed E-state index contributed by atoms with van der Waals surface area (Å²) in [5.74, 6) is 0.605. The number of nitrogen functional groups attached to an aromatic ring is 1. The van der Waals surface area contributed by atoms with E-state index in [-0.39, 0.29) is 26.8 Å². The van der Waals surface area contributed by atoms with Crippen LogP contribution in [-0.4, -0.2) is 36.4 Å². The maximum Gasteiger partial charge on any atom is 0.212 e. The van der Waals surface area contributed by atoms with Gasteiger partial charge >= 0.3 is 0 Å². The number of aromatic nitrogens is 3. The van der Waals surface area contributed by atoms with Crippen molar-refractivity contribution in [3.05, 3.63) is 83.9 Å². The second kappa shape index (κ2) is 8.27. The first-order valence-corrected chi connectivity index (χ1v) is 11.9. The number of sulfone groups is 1. The molecule has 0 fully saturated rings. The number of fused-ring (bicyclic) bond motifs is 2. The molecule has 0 radical (unpaired) electrons. The lowest BCUT2D eigenvalue weighted by atomic mass is 10.2. The maximum absolute atomic E-state index is 13.7. The molecule has 2 N–H and O–H groups in total. The number of nitrogens with zero attached hydrogens (tertiary/aromatic N) is 4. The van der Waals surface area contributed by atoms with Crippen LogP contribution in [0.15, 0.2) is 87.7 Å². The Hall–Kier alpha value is -4.24. The molecule has 0 aliphatic carbocycles. The number of aryl methyl sites for hydroxylation is 1. The number of para-hydroxylation sites is 2. The molecule has 0 spiro atoms. The Morgan fingerprint density at radius 2 is 1.71 bits per heavy atom. The van der Waals surface area contributed by atoms with E-state index >= 15 is 0 Å². The van der Waals surface area contributed by atoms with Crippen LogP contribution in [0.1, 0.15) is 11.1 Å². The fourth-order valence-corrected chi connectivity index (χ4v) is 5.34. The molecule has 0 amide bonds. The predicted molar refractivity (Wildman–Crippen MR) is 132 cm³/mol. The van der Waals surface area contributed by atoms with Gasteiger partial charge in [-0.3, -0.25) is 0 Å². The van der Waals surface area contributed by atoms with Crippen LogP contribution in [0.2, 0.25) is 0 Å². The van der Waals surface area contributed by atoms with Gasteiger partial charge in [-0.25, -0.2) is 18.4 Å². The molecule has 0 aliphatic rings. The molecule has 34 heavy (non-hydrogen) atoms. The highest BCUT2D eigenvalue weighted by Crippen LogP contribution is 2.35. The highest BCUT2D eigenvalue weighted by atomic mass is 32.2. The molecular formula is C25H21N5O3S. The summed E-state index contributed by atoms with van der Waals surface area (Å²) in [6.07, 6.45) is 1.57. The number of hydrogen-bond acceptors (Lipinski definition) is 7. The number of benzene rings is 3. The SMILES string of the molecule is COc1cccc(/C=N\n2c(N)c(S(=O)(=O)c3cccc(C)c3)c3nc4ccccc4nc32)c1. The van der Waals surface area contributed by atoms with E-state index in [1.807, 2.05) is 43.3 Å². The summed E-state index contributed by atoms with van der Waals surface area (Å²) < 4.78 is 34.0. The van der Waals surface area contributed by atoms with Crippen molar-refractivity contribution in [1.29, 1.82) is 0 Å². The van der Waals surface area contributed by atoms with Gasteiger partial charge in [0, 0.05) is 0 Å². The van der Waals surface area contributed by atoms with Gasteiger partial charge in [0.15, 0.2) is 5.65 Å². The minimum absolute atomic E-state index is 0.0639. The average molecular weight is 472 g/mol. The van der Waals surface area contributed by atoms with E-state index in [0.29, 0.717) is 16.8 Å². The summed E-state index contributed by atoms with van der Waals surface area (Å²) in [5, 5.41) is 4.48. The molecule has 0 unspecified atom stereocenters. The molecule has 170 valence electrons. The van der Waals surface area contributed by atoms with E-state index in [1.54, 1.807) is 49.7 Å². The molecule has 0 saturated heterocycles. The number of methoxy groups -OCH3 is 1. The highest BCUT2D eigenvalue weighted by molar-refractivity contribution is 7.92. The van der Waals surface area contributed by atoms with Gasteiger partial charge in [0.1, 0.15) is 22.0 Å². The van der Waals surface area contributed by atoms with Crippen molar-refractivity contribution in [3.8, 4) is 5.75 Å². The molecule has 0 bridgehead atoms. The zero-order valence-corrected chi connectivity index (χ0v) is 19.3. The van der Waals surface area contributed by atoms with E-state index in [1.165, 1.54) is 4.68 Å². The molecule has 5 rings (SSSR count). The van der Waals surface area contributed by atoms with Crippen LogP contribution in [0.5, 0.6) is 5.75 Å². The lowest BCUT2D eigenvalue weighted by molar-refractivity contribution is 0.415. The lowest BCUT2D eigenvalue weighted by Gasteiger charge is -2.06. The third-order valence-electron chi connectivity index (χ3n) is 5.41. The average Bonchev–Trinajstić information content (AvgIpc) is 3.12. The fraction of sp³-hybridized carbons (Fsp3) is 0.0800. The van der Waals surface area contributed by atoms with E-state index in [4.69, 9.17) is 10.5 Å². The van der Waals surface area contributed by atoms with Crippen LogP contribution in [0.25, 0.3) is 22.2 Å². The molecule has 9 heteroatoms. The zero-order valence-electron chi connectivity index (χ0n) is 18.5. The quantitative estimate of drug-likeness (QED) is 0.385. The van der Waals surface area contributed by atoms with Crippen molar-refractivity contribution in [2.75, 3.05) is 12.8 Å². The van der Waals surface area contributed by atoms with Crippen molar-refractivity contribution in [2.24, 2.45) is 5.10 Å². The number of nitrogens with two attached hydrogens (primary N) is 1. The summed E-state index contributed by atoms with van der Waals surface area (Å²) >= 11 is 0. The standard InChI is InChI=1S/C25H21N5O3S/c1-16-7-5-10-19(13-16)34(31,32)23-22-25(29-21-12-4-3-11-20(21)28-22)30(24(23)26)27-15-17-8-6-9-18(14-17)33-2/h3-15H,26H2,1-2H3/b27-15-. The predicted octanol–water partition coefficient (Wildman–Crippen LogP) is 4.20. The molecule has 5 aromatic rings. The Bertz CT molecular complexity index is 1690. The molecule has 8 nitrogen and oxygen atoms in total. The van der Waals surface area contributed by atoms with Gasteiger partial charge in [0.2, 0.25) is 9.84 Å². The van der Waals surface area contributed by atoms with E-state index < -0.39 is 9.84 Å². The molecular weight excluding hydrogens is 450 g/mol. The smallest absolute Gasteiger partial charge is 0.212 e. The first kappa shape index (κ1) is 21.6. The second-order valence-corrected chi connectivity index (χ2v) is 9.64. The Labute approximate surface area is 196 Å². The van der Waals surface area contributed by atoms with E-state index in [2.05, 4.69) is 15.1 Å². The summed E-state index contributed by atoms with van der Waals surface area (Å²) in [5.41, 5.74) is 9.57. The van der Waals surface area contributed by atoms with E-state index in [0.717, 1.165) is 11.1 Å². The Morgan fingerprint density at radius 3 is 2.44 bits per heavy atom. The summed E-state index contributed by atoms with van der Waals surface area (Å²) in [6, 6.07) is 21.2. The van der Waals surface area contributed by atoms with E-state index in [9.17, 15) is 8.42 Å². The minimum atomic E-state index is -4.00. The van der Waals surface area contributed by atoms with Crippen LogP contribution in [0, 0.1) is 6.92 Å². The first-order chi connectivity index (χ1) is 16.4. The normalized spacial score (nSPS) is 12.1. The van der Waals surface area contributed by atoms with Crippen molar-refractivity contribution in [1.82, 2.24) is 14.6 Å². The molecule has 2 aromatic heterocycles. The summed E-state index contributed by atoms with van der Waals surface area (Å²) in [4.78, 5) is 9.28. The maximum atomic E-state index is 13.7. The highest BCUT2D eigenvalue weighted by Gasteiger charge is 2.30. The van der Waals surface area contributed by atoms with Crippen molar-refractivity contribution >= 4 is 44.1 Å². The molecule has 3 aromatic carbocycles. The third-order valence-corrected chi connectivity index (χ3v) is 7.23. The molecule has 2 heterocycles. The zero-order chi connectivity index (χ0) is 23.9. The monoisotopic (exact) mass is 471 g/mol. The summed E-state index contributed by atoms with van der Waals surface area (Å²) in [6.45, 7) is 1.83. The Balaban J connectivity index is 1.78. The van der Waals surface area contributed by atoms with Crippen molar-refractivity contribution < 1.29 is 13.2 Å². The van der Waals surface area contributed by atoms with Crippen LogP contribution < -0.4 is 10.5 Å². The molecule has 0 aliphatic heterocycles. The topological polar surface area (TPSA) is 112 Å². The number of anilines is 1. The van der Waals surface area contributed by atoms with Gasteiger partial charge in [-0.2, -0.15) is 9.78 Å². The second-order valence-electron chi connectivity index (χ2n) is 7.75. The van der Waals surface area contributed by atoms with Crippen LogP contribution in [0.4, 0.5) is 5.82 Å². The van der Waals surface area contributed by atoms with Gasteiger partial charge in [-0.1, -0.05) is 36.4 Å². The van der Waals surface area contributed by atoms with Gasteiger partial charge in [0.05, 0.1) is 29.3 Å². The lowest BCUT2D eigenvalue weighted by Crippen LogP contribution is -2.07. The largest absolute Gasteiger partial charge is 0.497 e. The van der Waals surface area contributed by atoms with Crippen molar-refractivity contribution in [3.63, 3.8) is 0 Å². The number of hydrogen-bond donors (Lipinski definition) is 1. The van der Waals surface area contributed by atoms with Crippen LogP contribution in [-0.2, 0) is 9.84 Å². The van der Waals surface area contributed by atoms with Crippen LogP contribution in [0.3, 0.4) is 0 Å². The number of rotatable bonds is 5. The van der Waals surface area contributed by atoms with Gasteiger partial charge in [-0.15, -0.1) is 0 Å². The molecule has 0 atom stereocenters. The summed E-state index contributed by atoms with van der Waals surface area (Å²) in [7, 11) is -2.42. The molecule has 0 saturated carbocycles. The van der Waals surface area contributed by atoms with Gasteiger partial charge in [-0.05, 0) is 54.4 Å². The first-order valence-electron chi connectivity index (χ1n) is 10.5. The third kappa shape index (κ3) is 3.65.